The van der Waals surface area contributed by atoms with E-state index in [0.29, 0.717) is 52.6 Å². The quantitative estimate of drug-likeness (QED) is 0.384. The molecule has 1 heterocycles. The topological polar surface area (TPSA) is 69.3 Å². The van der Waals surface area contributed by atoms with Crippen molar-refractivity contribution in [3.05, 3.63) is 23.8 Å². The van der Waals surface area contributed by atoms with Crippen LogP contribution in [0.3, 0.4) is 0 Å². The maximum absolute atomic E-state index is 11.3. The number of carbonyl (C=O) groups is 1. The van der Waals surface area contributed by atoms with E-state index in [2.05, 4.69) is 22.3 Å². The van der Waals surface area contributed by atoms with Gasteiger partial charge in [0.1, 0.15) is 12.4 Å². The fraction of sp³-hybridized carbons (Fsp3) is 0.667. The third kappa shape index (κ3) is 8.91. The van der Waals surface area contributed by atoms with Gasteiger partial charge in [-0.25, -0.2) is 0 Å². The normalized spacial score (nSPS) is 13.1. The van der Waals surface area contributed by atoms with E-state index in [9.17, 15) is 4.79 Å². The molecule has 0 unspecified atom stereocenters. The number of aryl methyl sites for hydroxylation is 1. The van der Waals surface area contributed by atoms with Crippen molar-refractivity contribution in [2.45, 2.75) is 26.2 Å². The van der Waals surface area contributed by atoms with E-state index in [4.69, 9.17) is 18.9 Å². The number of likely N-dealkylation sites (N-methyl/N-ethyl adjacent to an activating group) is 1. The van der Waals surface area contributed by atoms with Gasteiger partial charge in [-0.05, 0) is 50.6 Å². The highest BCUT2D eigenvalue weighted by Gasteiger charge is 2.09. The number of rotatable bonds is 14. The lowest BCUT2D eigenvalue weighted by Crippen LogP contribution is -2.26. The summed E-state index contributed by atoms with van der Waals surface area (Å²) in [6, 6.07) is 6.20. The number of hydrogen-bond donors (Lipinski definition) is 1. The Morgan fingerprint density at radius 1 is 1.11 bits per heavy atom. The smallest absolute Gasteiger partial charge is 0.307 e. The third-order valence-electron chi connectivity index (χ3n) is 4.50. The van der Waals surface area contributed by atoms with Crippen LogP contribution in [-0.2, 0) is 25.4 Å². The Hall–Kier alpha value is -1.83. The molecular formula is C21H34N2O5. The maximum Gasteiger partial charge on any atom is 0.307 e. The van der Waals surface area contributed by atoms with Gasteiger partial charge in [0, 0.05) is 25.3 Å². The molecule has 0 saturated carbocycles. The summed E-state index contributed by atoms with van der Waals surface area (Å²) in [4.78, 5) is 13.3. The van der Waals surface area contributed by atoms with Gasteiger partial charge >= 0.3 is 5.97 Å². The van der Waals surface area contributed by atoms with Crippen molar-refractivity contribution in [1.29, 1.82) is 0 Å². The first-order valence-electron chi connectivity index (χ1n) is 10.2. The highest BCUT2D eigenvalue weighted by atomic mass is 16.5. The first-order chi connectivity index (χ1) is 13.7. The van der Waals surface area contributed by atoms with Gasteiger partial charge in [-0.3, -0.25) is 4.79 Å². The second kappa shape index (κ2) is 13.4. The van der Waals surface area contributed by atoms with E-state index in [1.165, 1.54) is 17.7 Å². The molecule has 1 aliphatic rings. The summed E-state index contributed by atoms with van der Waals surface area (Å²) < 4.78 is 21.8. The van der Waals surface area contributed by atoms with Gasteiger partial charge in [0.2, 0.25) is 0 Å². The zero-order valence-corrected chi connectivity index (χ0v) is 17.2. The number of anilines is 1. The molecule has 0 atom stereocenters. The molecule has 158 valence electrons. The average Bonchev–Trinajstić information content (AvgIpc) is 2.71. The minimum atomic E-state index is -0.155. The van der Waals surface area contributed by atoms with Crippen LogP contribution in [0, 0.1) is 0 Å². The van der Waals surface area contributed by atoms with Crippen molar-refractivity contribution in [3.63, 3.8) is 0 Å². The predicted octanol–water partition coefficient (Wildman–Crippen LogP) is 2.34. The minimum absolute atomic E-state index is 0.155. The molecule has 1 aromatic rings. The van der Waals surface area contributed by atoms with Crippen LogP contribution < -0.4 is 10.1 Å². The number of benzene rings is 1. The molecule has 1 aliphatic heterocycles. The van der Waals surface area contributed by atoms with Gasteiger partial charge in [0.05, 0.1) is 39.5 Å². The SMILES string of the molecule is CCOC(=O)CCN(C)CCOCCOCCOc1ccc2c(c1)CCCN2. The second-order valence-corrected chi connectivity index (χ2v) is 6.78. The molecule has 7 heteroatoms. The number of hydrogen-bond acceptors (Lipinski definition) is 7. The standard InChI is InChI=1S/C21H34N2O5/c1-3-27-21(24)8-10-23(2)11-12-25-13-14-26-15-16-28-19-6-7-20-18(17-19)5-4-9-22-20/h6-7,17,22H,3-5,8-16H2,1-2H3. The van der Waals surface area contributed by atoms with E-state index < -0.39 is 0 Å². The lowest BCUT2D eigenvalue weighted by atomic mass is 10.0. The maximum atomic E-state index is 11.3. The van der Waals surface area contributed by atoms with Gasteiger partial charge < -0.3 is 29.2 Å². The number of carbonyl (C=O) groups excluding carboxylic acids is 1. The molecule has 0 spiro atoms. The predicted molar refractivity (Wildman–Crippen MR) is 109 cm³/mol. The molecule has 0 bridgehead atoms. The van der Waals surface area contributed by atoms with Crippen molar-refractivity contribution >= 4 is 11.7 Å². The summed E-state index contributed by atoms with van der Waals surface area (Å²) in [5.41, 5.74) is 2.55. The molecule has 7 nitrogen and oxygen atoms in total. The van der Waals surface area contributed by atoms with Crippen molar-refractivity contribution in [1.82, 2.24) is 4.90 Å². The van der Waals surface area contributed by atoms with Crippen LogP contribution in [0.25, 0.3) is 0 Å². The van der Waals surface area contributed by atoms with Gasteiger partial charge in [0.15, 0.2) is 0 Å². The summed E-state index contributed by atoms with van der Waals surface area (Å²) >= 11 is 0. The third-order valence-corrected chi connectivity index (χ3v) is 4.50. The Kier molecular flexibility index (Phi) is 10.7. The molecule has 0 fully saturated rings. The van der Waals surface area contributed by atoms with Crippen LogP contribution in [0.2, 0.25) is 0 Å². The molecule has 0 aromatic heterocycles. The zero-order chi connectivity index (χ0) is 20.0. The fourth-order valence-electron chi connectivity index (χ4n) is 2.93. The first kappa shape index (κ1) is 22.5. The van der Waals surface area contributed by atoms with Gasteiger partial charge in [-0.2, -0.15) is 0 Å². The summed E-state index contributed by atoms with van der Waals surface area (Å²) in [7, 11) is 1.97. The monoisotopic (exact) mass is 394 g/mol. The first-order valence-corrected chi connectivity index (χ1v) is 10.2. The van der Waals surface area contributed by atoms with E-state index in [1.807, 2.05) is 20.0 Å². The van der Waals surface area contributed by atoms with Crippen molar-refractivity contribution < 1.29 is 23.7 Å². The van der Waals surface area contributed by atoms with Crippen LogP contribution in [0.1, 0.15) is 25.3 Å². The Morgan fingerprint density at radius 3 is 2.71 bits per heavy atom. The molecule has 2 rings (SSSR count). The largest absolute Gasteiger partial charge is 0.491 e. The van der Waals surface area contributed by atoms with Gasteiger partial charge in [-0.1, -0.05) is 0 Å². The van der Waals surface area contributed by atoms with Crippen molar-refractivity contribution in [2.75, 3.05) is 71.6 Å². The highest BCUT2D eigenvalue weighted by Crippen LogP contribution is 2.26. The fourth-order valence-corrected chi connectivity index (χ4v) is 2.93. The van der Waals surface area contributed by atoms with Crippen molar-refractivity contribution in [3.8, 4) is 5.75 Å². The second-order valence-electron chi connectivity index (χ2n) is 6.78. The summed E-state index contributed by atoms with van der Waals surface area (Å²) in [6.07, 6.45) is 2.68. The van der Waals surface area contributed by atoms with E-state index >= 15 is 0 Å². The van der Waals surface area contributed by atoms with Gasteiger partial charge in [-0.15, -0.1) is 0 Å². The Balaban J connectivity index is 1.42. The number of nitrogens with zero attached hydrogens (tertiary/aromatic N) is 1. The minimum Gasteiger partial charge on any atom is -0.491 e. The molecule has 0 saturated heterocycles. The van der Waals surface area contributed by atoms with Crippen molar-refractivity contribution in [2.24, 2.45) is 0 Å². The Labute approximate surface area is 168 Å². The average molecular weight is 395 g/mol. The number of ether oxygens (including phenoxy) is 4. The lowest BCUT2D eigenvalue weighted by molar-refractivity contribution is -0.143. The number of esters is 1. The van der Waals surface area contributed by atoms with Crippen LogP contribution in [-0.4, -0.2) is 77.2 Å². The molecule has 0 aliphatic carbocycles. The Bertz CT molecular complexity index is 582. The summed E-state index contributed by atoms with van der Waals surface area (Å²) in [5.74, 6) is 0.742. The van der Waals surface area contributed by atoms with Crippen LogP contribution in [0.4, 0.5) is 5.69 Å². The molecule has 0 amide bonds. The molecule has 1 N–H and O–H groups in total. The summed E-state index contributed by atoms with van der Waals surface area (Å²) in [6.45, 7) is 7.53. The van der Waals surface area contributed by atoms with Crippen LogP contribution >= 0.6 is 0 Å². The molecule has 1 aromatic carbocycles. The van der Waals surface area contributed by atoms with E-state index in [0.717, 1.165) is 25.3 Å². The molecule has 0 radical (unpaired) electrons. The lowest BCUT2D eigenvalue weighted by Gasteiger charge is -2.18. The molecule has 28 heavy (non-hydrogen) atoms. The van der Waals surface area contributed by atoms with Crippen LogP contribution in [0.5, 0.6) is 5.75 Å². The Morgan fingerprint density at radius 2 is 1.89 bits per heavy atom. The summed E-state index contributed by atoms with van der Waals surface area (Å²) in [5, 5.41) is 3.40. The zero-order valence-electron chi connectivity index (χ0n) is 17.2. The highest BCUT2D eigenvalue weighted by molar-refractivity contribution is 5.69. The van der Waals surface area contributed by atoms with E-state index in [1.54, 1.807) is 0 Å². The van der Waals surface area contributed by atoms with E-state index in [-0.39, 0.29) is 5.97 Å². The van der Waals surface area contributed by atoms with Gasteiger partial charge in [0.25, 0.3) is 0 Å². The van der Waals surface area contributed by atoms with Crippen LogP contribution in [0.15, 0.2) is 18.2 Å². The number of fused-ring (bicyclic) bond motifs is 1. The molecular weight excluding hydrogens is 360 g/mol. The number of nitrogens with one attached hydrogen (secondary N) is 1.